The van der Waals surface area contributed by atoms with Crippen molar-refractivity contribution in [2.24, 2.45) is 0 Å². The van der Waals surface area contributed by atoms with Gasteiger partial charge in [-0.1, -0.05) is 22.0 Å². The summed E-state index contributed by atoms with van der Waals surface area (Å²) in [5.41, 5.74) is 2.05. The average Bonchev–Trinajstić information content (AvgIpc) is 2.40. The van der Waals surface area contributed by atoms with Crippen LogP contribution in [-0.4, -0.2) is 21.7 Å². The van der Waals surface area contributed by atoms with Gasteiger partial charge in [-0.3, -0.25) is 0 Å². The Hall–Kier alpha value is -1.95. The zero-order chi connectivity index (χ0) is 13.7. The van der Waals surface area contributed by atoms with Gasteiger partial charge in [0.15, 0.2) is 5.82 Å². The van der Waals surface area contributed by atoms with Crippen LogP contribution in [0.25, 0.3) is 0 Å². The fourth-order valence-electron chi connectivity index (χ4n) is 1.51. The highest BCUT2D eigenvalue weighted by molar-refractivity contribution is 9.10. The van der Waals surface area contributed by atoms with Crippen LogP contribution in [0.4, 0.5) is 17.5 Å². The lowest BCUT2D eigenvalue weighted by molar-refractivity contribution is 0.975. The van der Waals surface area contributed by atoms with E-state index in [-0.39, 0.29) is 0 Å². The van der Waals surface area contributed by atoms with E-state index in [1.165, 1.54) is 0 Å². The first-order chi connectivity index (χ1) is 9.19. The standard InChI is InChI=1S/C13H14BrN5/c1-3-6-15-12-8-16-19-13(18-12)17-11-5-4-10(14)7-9(11)2/h3-5,7-8H,1,6H2,2H3,(H2,15,17,18,19). The van der Waals surface area contributed by atoms with Crippen LogP contribution < -0.4 is 10.6 Å². The first kappa shape index (κ1) is 13.5. The maximum Gasteiger partial charge on any atom is 0.249 e. The van der Waals surface area contributed by atoms with Crippen LogP contribution in [0.5, 0.6) is 0 Å². The van der Waals surface area contributed by atoms with Crippen molar-refractivity contribution in [3.8, 4) is 0 Å². The van der Waals surface area contributed by atoms with E-state index in [4.69, 9.17) is 0 Å². The summed E-state index contributed by atoms with van der Waals surface area (Å²) >= 11 is 3.43. The highest BCUT2D eigenvalue weighted by atomic mass is 79.9. The van der Waals surface area contributed by atoms with Gasteiger partial charge < -0.3 is 10.6 Å². The number of hydrogen-bond acceptors (Lipinski definition) is 5. The number of halogens is 1. The molecule has 0 bridgehead atoms. The van der Waals surface area contributed by atoms with Gasteiger partial charge in [-0.15, -0.1) is 11.7 Å². The van der Waals surface area contributed by atoms with Gasteiger partial charge in [-0.2, -0.15) is 10.1 Å². The van der Waals surface area contributed by atoms with Gasteiger partial charge in [-0.05, 0) is 30.7 Å². The van der Waals surface area contributed by atoms with Crippen molar-refractivity contribution >= 4 is 33.4 Å². The van der Waals surface area contributed by atoms with Crippen LogP contribution >= 0.6 is 15.9 Å². The number of hydrogen-bond donors (Lipinski definition) is 2. The van der Waals surface area contributed by atoms with E-state index >= 15 is 0 Å². The first-order valence-electron chi connectivity index (χ1n) is 5.76. The molecule has 5 nitrogen and oxygen atoms in total. The molecule has 0 radical (unpaired) electrons. The van der Waals surface area contributed by atoms with Crippen LogP contribution in [-0.2, 0) is 0 Å². The lowest BCUT2D eigenvalue weighted by atomic mass is 10.2. The van der Waals surface area contributed by atoms with Gasteiger partial charge in [0.2, 0.25) is 5.95 Å². The van der Waals surface area contributed by atoms with E-state index in [1.54, 1.807) is 12.3 Å². The minimum atomic E-state index is 0.458. The van der Waals surface area contributed by atoms with Crippen LogP contribution in [0.15, 0.2) is 41.5 Å². The third kappa shape index (κ3) is 3.75. The molecule has 1 aromatic carbocycles. The van der Waals surface area contributed by atoms with Crippen LogP contribution in [0, 0.1) is 6.92 Å². The minimum absolute atomic E-state index is 0.458. The maximum absolute atomic E-state index is 4.31. The Morgan fingerprint density at radius 3 is 3.00 bits per heavy atom. The smallest absolute Gasteiger partial charge is 0.249 e. The number of nitrogens with one attached hydrogen (secondary N) is 2. The fraction of sp³-hybridized carbons (Fsp3) is 0.154. The van der Waals surface area contributed by atoms with Gasteiger partial charge in [-0.25, -0.2) is 0 Å². The lowest BCUT2D eigenvalue weighted by Gasteiger charge is -2.09. The summed E-state index contributed by atoms with van der Waals surface area (Å²) in [5, 5.41) is 14.1. The Labute approximate surface area is 120 Å². The van der Waals surface area contributed by atoms with Gasteiger partial charge in [0.25, 0.3) is 0 Å². The van der Waals surface area contributed by atoms with E-state index in [2.05, 4.69) is 48.3 Å². The number of aryl methyl sites for hydroxylation is 1. The summed E-state index contributed by atoms with van der Waals surface area (Å²) in [7, 11) is 0. The quantitative estimate of drug-likeness (QED) is 0.828. The molecule has 0 saturated carbocycles. The molecule has 0 atom stereocenters. The summed E-state index contributed by atoms with van der Waals surface area (Å²) in [6, 6.07) is 5.95. The average molecular weight is 320 g/mol. The summed E-state index contributed by atoms with van der Waals surface area (Å²) in [5.74, 6) is 1.12. The largest absolute Gasteiger partial charge is 0.365 e. The molecule has 1 aromatic heterocycles. The molecule has 2 aromatic rings. The van der Waals surface area contributed by atoms with Crippen LogP contribution in [0.3, 0.4) is 0 Å². The maximum atomic E-state index is 4.31. The van der Waals surface area contributed by atoms with Crippen molar-refractivity contribution < 1.29 is 0 Å². The number of benzene rings is 1. The highest BCUT2D eigenvalue weighted by Crippen LogP contribution is 2.22. The first-order valence-corrected chi connectivity index (χ1v) is 6.56. The molecule has 2 rings (SSSR count). The van der Waals surface area contributed by atoms with Crippen molar-refractivity contribution in [2.45, 2.75) is 6.92 Å². The second-order valence-corrected chi connectivity index (χ2v) is 4.83. The van der Waals surface area contributed by atoms with Gasteiger partial charge in [0, 0.05) is 16.7 Å². The zero-order valence-electron chi connectivity index (χ0n) is 10.5. The van der Waals surface area contributed by atoms with Crippen molar-refractivity contribution in [1.29, 1.82) is 0 Å². The second-order valence-electron chi connectivity index (χ2n) is 3.92. The van der Waals surface area contributed by atoms with Gasteiger partial charge in [0.1, 0.15) is 0 Å². The molecule has 6 heteroatoms. The molecule has 0 spiro atoms. The van der Waals surface area contributed by atoms with Crippen LogP contribution in [0.2, 0.25) is 0 Å². The number of anilines is 3. The highest BCUT2D eigenvalue weighted by Gasteiger charge is 2.03. The number of aromatic nitrogens is 3. The van der Waals surface area contributed by atoms with E-state index in [1.807, 2.05) is 25.1 Å². The SMILES string of the molecule is C=CCNc1cnnc(Nc2ccc(Br)cc2C)n1. The molecule has 2 N–H and O–H groups in total. The molecule has 98 valence electrons. The molecule has 1 heterocycles. The Kier molecular flexibility index (Phi) is 4.46. The normalized spacial score (nSPS) is 10.0. The van der Waals surface area contributed by atoms with Crippen molar-refractivity contribution in [1.82, 2.24) is 15.2 Å². The van der Waals surface area contributed by atoms with E-state index in [0.717, 1.165) is 15.7 Å². The van der Waals surface area contributed by atoms with Gasteiger partial charge >= 0.3 is 0 Å². The predicted molar refractivity (Wildman–Crippen MR) is 80.7 cm³/mol. The fourth-order valence-corrected chi connectivity index (χ4v) is 1.98. The third-order valence-electron chi connectivity index (χ3n) is 2.42. The molecule has 19 heavy (non-hydrogen) atoms. The Bertz CT molecular complexity index is 585. The zero-order valence-corrected chi connectivity index (χ0v) is 12.1. The number of nitrogens with zero attached hydrogens (tertiary/aromatic N) is 3. The predicted octanol–water partition coefficient (Wildman–Crippen LogP) is 3.28. The van der Waals surface area contributed by atoms with Crippen molar-refractivity contribution in [2.75, 3.05) is 17.2 Å². The molecule has 0 amide bonds. The van der Waals surface area contributed by atoms with E-state index in [9.17, 15) is 0 Å². The molecule has 0 saturated heterocycles. The Morgan fingerprint density at radius 1 is 1.42 bits per heavy atom. The molecule has 0 aliphatic carbocycles. The molecule has 0 aliphatic rings. The van der Waals surface area contributed by atoms with Crippen molar-refractivity contribution in [3.05, 3.63) is 47.1 Å². The number of rotatable bonds is 5. The third-order valence-corrected chi connectivity index (χ3v) is 2.91. The second kappa shape index (κ2) is 6.29. The summed E-state index contributed by atoms with van der Waals surface area (Å²) in [6.45, 7) is 6.29. The molecule has 0 aliphatic heterocycles. The molecule has 0 unspecified atom stereocenters. The topological polar surface area (TPSA) is 62.7 Å². The van der Waals surface area contributed by atoms with E-state index < -0.39 is 0 Å². The summed E-state index contributed by atoms with van der Waals surface area (Å²) in [6.07, 6.45) is 3.33. The molecular weight excluding hydrogens is 306 g/mol. The van der Waals surface area contributed by atoms with Crippen LogP contribution in [0.1, 0.15) is 5.56 Å². The monoisotopic (exact) mass is 319 g/mol. The Balaban J connectivity index is 2.16. The van der Waals surface area contributed by atoms with Crippen molar-refractivity contribution in [3.63, 3.8) is 0 Å². The minimum Gasteiger partial charge on any atom is -0.365 e. The summed E-state index contributed by atoms with van der Waals surface area (Å²) in [4.78, 5) is 4.31. The molecule has 0 fully saturated rings. The molecular formula is C13H14BrN5. The van der Waals surface area contributed by atoms with E-state index in [0.29, 0.717) is 18.3 Å². The Morgan fingerprint density at radius 2 is 2.26 bits per heavy atom. The summed E-state index contributed by atoms with van der Waals surface area (Å²) < 4.78 is 1.04. The lowest BCUT2D eigenvalue weighted by Crippen LogP contribution is -2.05. The van der Waals surface area contributed by atoms with Gasteiger partial charge in [0.05, 0.1) is 6.20 Å².